The lowest BCUT2D eigenvalue weighted by atomic mass is 9.89. The summed E-state index contributed by atoms with van der Waals surface area (Å²) in [6, 6.07) is 10.9. The number of ether oxygens (including phenoxy) is 2. The van der Waals surface area contributed by atoms with Crippen LogP contribution in [-0.4, -0.2) is 53.9 Å². The largest absolute Gasteiger partial charge is 0.493 e. The maximum Gasteiger partial charge on any atom is 0.415 e. The van der Waals surface area contributed by atoms with Gasteiger partial charge >= 0.3 is 12.1 Å². The van der Waals surface area contributed by atoms with Crippen molar-refractivity contribution >= 4 is 17.7 Å². The van der Waals surface area contributed by atoms with Crippen molar-refractivity contribution in [3.63, 3.8) is 0 Å². The van der Waals surface area contributed by atoms with E-state index in [4.69, 9.17) is 14.6 Å². The molecule has 0 aromatic heterocycles. The molecule has 0 aliphatic carbocycles. The van der Waals surface area contributed by atoms with Gasteiger partial charge in [-0.1, -0.05) is 19.1 Å². The number of carbonyl (C=O) groups is 2. The van der Waals surface area contributed by atoms with E-state index < -0.39 is 11.6 Å². The highest BCUT2D eigenvalue weighted by Gasteiger charge is 2.47. The van der Waals surface area contributed by atoms with Crippen LogP contribution < -0.4 is 9.64 Å². The smallest absolute Gasteiger partial charge is 0.415 e. The molecule has 0 bridgehead atoms. The lowest BCUT2D eigenvalue weighted by molar-refractivity contribution is -0.000992. The van der Waals surface area contributed by atoms with Crippen LogP contribution in [0.15, 0.2) is 36.4 Å². The Balaban J connectivity index is 1.23. The average molecular weight is 451 g/mol. The van der Waals surface area contributed by atoms with E-state index >= 15 is 0 Å². The standard InChI is InChI=1S/C26H30N2O5/c1-17-7-12-32-23-18(2)13-19(14-22(17)23)15-27-10-8-26(9-11-27)16-28(25(31)33-26)21-5-3-20(4-6-21)24(29)30/h3-6,13-14,17H,7-12,15-16H2,1-2H3,(H,29,30)/t17-/m1/s1. The van der Waals surface area contributed by atoms with Gasteiger partial charge in [-0.3, -0.25) is 9.80 Å². The highest BCUT2D eigenvalue weighted by atomic mass is 16.6. The summed E-state index contributed by atoms with van der Waals surface area (Å²) in [5.74, 6) is 0.598. The fourth-order valence-electron chi connectivity index (χ4n) is 5.27. The molecule has 2 fully saturated rings. The van der Waals surface area contributed by atoms with E-state index in [1.807, 2.05) is 0 Å². The molecule has 1 amide bonds. The fourth-order valence-corrected chi connectivity index (χ4v) is 5.27. The van der Waals surface area contributed by atoms with E-state index in [2.05, 4.69) is 30.9 Å². The third kappa shape index (κ3) is 4.17. The Kier molecular flexibility index (Phi) is 5.52. The number of hydrogen-bond donors (Lipinski definition) is 1. The van der Waals surface area contributed by atoms with E-state index in [0.717, 1.165) is 51.3 Å². The lowest BCUT2D eigenvalue weighted by Crippen LogP contribution is -2.46. The number of likely N-dealkylation sites (tertiary alicyclic amines) is 1. The number of carbonyl (C=O) groups excluding carboxylic acids is 1. The Hall–Kier alpha value is -3.06. The van der Waals surface area contributed by atoms with Gasteiger partial charge in [-0.05, 0) is 60.2 Å². The fraction of sp³-hybridized carbons (Fsp3) is 0.462. The monoisotopic (exact) mass is 450 g/mol. The first-order valence-corrected chi connectivity index (χ1v) is 11.7. The second-order valence-electron chi connectivity index (χ2n) is 9.63. The zero-order valence-electron chi connectivity index (χ0n) is 19.2. The highest BCUT2D eigenvalue weighted by molar-refractivity contribution is 5.92. The van der Waals surface area contributed by atoms with Crippen molar-refractivity contribution in [3.8, 4) is 5.75 Å². The first kappa shape index (κ1) is 21.8. The number of fused-ring (bicyclic) bond motifs is 1. The Morgan fingerprint density at radius 1 is 1.18 bits per heavy atom. The summed E-state index contributed by atoms with van der Waals surface area (Å²) in [6.45, 7) is 8.29. The van der Waals surface area contributed by atoms with E-state index in [0.29, 0.717) is 18.2 Å². The highest BCUT2D eigenvalue weighted by Crippen LogP contribution is 2.39. The number of nitrogens with zero attached hydrogens (tertiary/aromatic N) is 2. The summed E-state index contributed by atoms with van der Waals surface area (Å²) >= 11 is 0. The molecule has 174 valence electrons. The van der Waals surface area contributed by atoms with Gasteiger partial charge in [0.05, 0.1) is 18.7 Å². The van der Waals surface area contributed by atoms with E-state index in [9.17, 15) is 9.59 Å². The second kappa shape index (κ2) is 8.37. The number of piperidine rings is 1. The topological polar surface area (TPSA) is 79.3 Å². The Bertz CT molecular complexity index is 1070. The van der Waals surface area contributed by atoms with Crippen LogP contribution in [0.2, 0.25) is 0 Å². The van der Waals surface area contributed by atoms with Gasteiger partial charge in [0.1, 0.15) is 11.4 Å². The number of carboxylic acid groups (broad SMARTS) is 1. The van der Waals surface area contributed by atoms with E-state index in [1.54, 1.807) is 17.0 Å². The summed E-state index contributed by atoms with van der Waals surface area (Å²) < 4.78 is 11.8. The molecule has 1 N–H and O–H groups in total. The van der Waals surface area contributed by atoms with Gasteiger partial charge in [0.25, 0.3) is 0 Å². The van der Waals surface area contributed by atoms with Gasteiger partial charge in [0.2, 0.25) is 0 Å². The maximum atomic E-state index is 12.6. The van der Waals surface area contributed by atoms with E-state index in [-0.39, 0.29) is 11.7 Å². The number of benzene rings is 2. The third-order valence-corrected chi connectivity index (χ3v) is 7.26. The first-order chi connectivity index (χ1) is 15.8. The normalized spacial score (nSPS) is 22.1. The number of carboxylic acids is 1. The third-order valence-electron chi connectivity index (χ3n) is 7.26. The van der Waals surface area contributed by atoms with Crippen molar-refractivity contribution in [2.75, 3.05) is 31.1 Å². The molecule has 3 heterocycles. The molecule has 3 aliphatic rings. The number of aryl methyl sites for hydroxylation is 1. The molecule has 2 aromatic carbocycles. The van der Waals surface area contributed by atoms with Crippen LogP contribution in [0.25, 0.3) is 0 Å². The van der Waals surface area contributed by atoms with Gasteiger partial charge in [-0.15, -0.1) is 0 Å². The zero-order valence-corrected chi connectivity index (χ0v) is 19.2. The molecule has 2 saturated heterocycles. The Morgan fingerprint density at radius 3 is 2.61 bits per heavy atom. The van der Waals surface area contributed by atoms with Crippen LogP contribution in [0.3, 0.4) is 0 Å². The molecular weight excluding hydrogens is 420 g/mol. The molecule has 1 spiro atoms. The molecule has 0 unspecified atom stereocenters. The van der Waals surface area contributed by atoms with Crippen LogP contribution in [0.4, 0.5) is 10.5 Å². The maximum absolute atomic E-state index is 12.6. The quantitative estimate of drug-likeness (QED) is 0.735. The van der Waals surface area contributed by atoms with E-state index in [1.165, 1.54) is 28.8 Å². The van der Waals surface area contributed by atoms with Crippen LogP contribution >= 0.6 is 0 Å². The average Bonchev–Trinajstić information content (AvgIpc) is 3.12. The summed E-state index contributed by atoms with van der Waals surface area (Å²) in [7, 11) is 0. The molecule has 0 radical (unpaired) electrons. The molecule has 0 saturated carbocycles. The molecule has 3 aliphatic heterocycles. The minimum Gasteiger partial charge on any atom is -0.493 e. The molecule has 7 nitrogen and oxygen atoms in total. The number of amides is 1. The predicted molar refractivity (Wildman–Crippen MR) is 124 cm³/mol. The molecule has 2 aromatic rings. The van der Waals surface area contributed by atoms with Crippen molar-refractivity contribution in [2.45, 2.75) is 51.2 Å². The van der Waals surface area contributed by atoms with Crippen LogP contribution in [0.5, 0.6) is 5.75 Å². The van der Waals surface area contributed by atoms with Crippen molar-refractivity contribution < 1.29 is 24.2 Å². The van der Waals surface area contributed by atoms with Crippen molar-refractivity contribution in [2.24, 2.45) is 0 Å². The van der Waals surface area contributed by atoms with Crippen molar-refractivity contribution in [3.05, 3.63) is 58.7 Å². The second-order valence-corrected chi connectivity index (χ2v) is 9.63. The number of rotatable bonds is 4. The molecule has 7 heteroatoms. The van der Waals surface area contributed by atoms with Gasteiger partial charge < -0.3 is 14.6 Å². The SMILES string of the molecule is Cc1cc(CN2CCC3(CC2)CN(c2ccc(C(=O)O)cc2)C(=O)O3)cc2c1OCC[C@H]2C. The Labute approximate surface area is 193 Å². The summed E-state index contributed by atoms with van der Waals surface area (Å²) in [5.41, 5.74) is 4.23. The van der Waals surface area contributed by atoms with Gasteiger partial charge in [0, 0.05) is 38.2 Å². The molecule has 5 rings (SSSR count). The van der Waals surface area contributed by atoms with Crippen LogP contribution in [0.1, 0.15) is 59.2 Å². The minimum absolute atomic E-state index is 0.202. The van der Waals surface area contributed by atoms with Gasteiger partial charge in [-0.25, -0.2) is 9.59 Å². The van der Waals surface area contributed by atoms with Crippen molar-refractivity contribution in [1.29, 1.82) is 0 Å². The van der Waals surface area contributed by atoms with Crippen LogP contribution in [0, 0.1) is 6.92 Å². The number of anilines is 1. The summed E-state index contributed by atoms with van der Waals surface area (Å²) in [5, 5.41) is 9.09. The molecule has 33 heavy (non-hydrogen) atoms. The lowest BCUT2D eigenvalue weighted by Gasteiger charge is -2.37. The summed E-state index contributed by atoms with van der Waals surface area (Å²) in [6.07, 6.45) is 2.27. The molecular formula is C26H30N2O5. The molecule has 1 atom stereocenters. The van der Waals surface area contributed by atoms with Crippen LogP contribution in [-0.2, 0) is 11.3 Å². The Morgan fingerprint density at radius 2 is 1.91 bits per heavy atom. The summed E-state index contributed by atoms with van der Waals surface area (Å²) in [4.78, 5) is 27.7. The minimum atomic E-state index is -0.981. The predicted octanol–water partition coefficient (Wildman–Crippen LogP) is 4.57. The number of hydrogen-bond acceptors (Lipinski definition) is 5. The first-order valence-electron chi connectivity index (χ1n) is 11.7. The van der Waals surface area contributed by atoms with Gasteiger partial charge in [0.15, 0.2) is 0 Å². The zero-order chi connectivity index (χ0) is 23.2. The number of aromatic carboxylic acids is 1. The van der Waals surface area contributed by atoms with Gasteiger partial charge in [-0.2, -0.15) is 0 Å². The van der Waals surface area contributed by atoms with Crippen molar-refractivity contribution in [1.82, 2.24) is 4.90 Å².